The second-order valence-corrected chi connectivity index (χ2v) is 7.45. The number of benzene rings is 2. The third kappa shape index (κ3) is 5.73. The molecule has 0 atom stereocenters. The molecule has 0 N–H and O–H groups in total. The third-order valence-electron chi connectivity index (χ3n) is 4.80. The third-order valence-corrected chi connectivity index (χ3v) is 4.80. The van der Waals surface area contributed by atoms with Gasteiger partial charge in [0.25, 0.3) is 0 Å². The van der Waals surface area contributed by atoms with Crippen LogP contribution < -0.4 is 9.64 Å². The number of hydrogen-bond acceptors (Lipinski definition) is 5. The van der Waals surface area contributed by atoms with Gasteiger partial charge in [0, 0.05) is 24.0 Å². The summed E-state index contributed by atoms with van der Waals surface area (Å²) in [5.74, 6) is -0.194. The van der Waals surface area contributed by atoms with Crippen LogP contribution in [0.5, 0.6) is 5.75 Å². The van der Waals surface area contributed by atoms with E-state index < -0.39 is 17.6 Å². The zero-order valence-corrected chi connectivity index (χ0v) is 18.0. The summed E-state index contributed by atoms with van der Waals surface area (Å²) in [6.45, 7) is 1.14. The van der Waals surface area contributed by atoms with Crippen molar-refractivity contribution in [3.8, 4) is 17.0 Å². The molecule has 3 rings (SSSR count). The summed E-state index contributed by atoms with van der Waals surface area (Å²) in [7, 11) is 5.22. The molecule has 0 aliphatic rings. The highest BCUT2D eigenvalue weighted by molar-refractivity contribution is 5.64. The van der Waals surface area contributed by atoms with Crippen molar-refractivity contribution in [2.45, 2.75) is 12.6 Å². The lowest BCUT2D eigenvalue weighted by molar-refractivity contribution is -0.137. The van der Waals surface area contributed by atoms with Gasteiger partial charge in [-0.3, -0.25) is 0 Å². The molecule has 1 aromatic heterocycles. The fraction of sp³-hybridized carbons (Fsp3) is 0.304. The summed E-state index contributed by atoms with van der Waals surface area (Å²) in [6, 6.07) is 11.1. The minimum absolute atomic E-state index is 0.109. The monoisotopic (exact) mass is 448 g/mol. The number of aromatic nitrogens is 2. The lowest BCUT2D eigenvalue weighted by Crippen LogP contribution is -2.25. The summed E-state index contributed by atoms with van der Waals surface area (Å²) in [5.41, 5.74) is 0.531. The fourth-order valence-electron chi connectivity index (χ4n) is 3.20. The van der Waals surface area contributed by atoms with Crippen molar-refractivity contribution in [1.82, 2.24) is 14.9 Å². The Morgan fingerprint density at radius 2 is 1.78 bits per heavy atom. The van der Waals surface area contributed by atoms with Gasteiger partial charge in [-0.25, -0.2) is 14.4 Å². The number of alkyl halides is 3. The number of halogens is 4. The quantitative estimate of drug-likeness (QED) is 0.432. The normalized spacial score (nSPS) is 11.6. The Hall–Kier alpha value is -3.20. The van der Waals surface area contributed by atoms with Crippen LogP contribution in [0.1, 0.15) is 12.0 Å². The zero-order chi connectivity index (χ0) is 23.3. The number of rotatable bonds is 8. The Morgan fingerprint density at radius 1 is 1.00 bits per heavy atom. The topological polar surface area (TPSA) is 41.5 Å². The molecule has 5 nitrogen and oxygen atoms in total. The van der Waals surface area contributed by atoms with Crippen molar-refractivity contribution < 1.29 is 22.3 Å². The Morgan fingerprint density at radius 3 is 2.44 bits per heavy atom. The first kappa shape index (κ1) is 23.5. The Bertz CT molecular complexity index is 1060. The first-order valence-corrected chi connectivity index (χ1v) is 9.95. The van der Waals surface area contributed by atoms with Crippen LogP contribution in [0.25, 0.3) is 11.3 Å². The molecule has 0 aliphatic carbocycles. The second-order valence-electron chi connectivity index (χ2n) is 7.45. The van der Waals surface area contributed by atoms with E-state index in [1.807, 2.05) is 19.0 Å². The minimum atomic E-state index is -4.46. The van der Waals surface area contributed by atoms with E-state index in [9.17, 15) is 17.6 Å². The summed E-state index contributed by atoms with van der Waals surface area (Å²) in [4.78, 5) is 12.4. The predicted octanol–water partition coefficient (Wildman–Crippen LogP) is 5.40. The van der Waals surface area contributed by atoms with Crippen molar-refractivity contribution >= 4 is 11.6 Å². The first-order chi connectivity index (χ1) is 15.2. The molecule has 0 amide bonds. The Labute approximate surface area is 184 Å². The molecule has 3 aromatic rings. The number of hydrogen-bond donors (Lipinski definition) is 0. The van der Waals surface area contributed by atoms with E-state index in [0.717, 1.165) is 18.7 Å². The molecular weight excluding hydrogens is 424 g/mol. The molecule has 32 heavy (non-hydrogen) atoms. The van der Waals surface area contributed by atoms with E-state index in [4.69, 9.17) is 4.74 Å². The van der Waals surface area contributed by atoms with Gasteiger partial charge in [0.2, 0.25) is 5.95 Å². The average molecular weight is 448 g/mol. The van der Waals surface area contributed by atoms with E-state index >= 15 is 0 Å². The van der Waals surface area contributed by atoms with Gasteiger partial charge in [0.1, 0.15) is 0 Å². The fourth-order valence-corrected chi connectivity index (χ4v) is 3.20. The van der Waals surface area contributed by atoms with E-state index in [1.165, 1.54) is 31.5 Å². The second kappa shape index (κ2) is 9.95. The molecule has 9 heteroatoms. The molecule has 0 unspecified atom stereocenters. The van der Waals surface area contributed by atoms with Crippen LogP contribution in [0, 0.1) is 5.82 Å². The van der Waals surface area contributed by atoms with Crippen LogP contribution in [0.2, 0.25) is 0 Å². The molecule has 0 saturated carbocycles. The molecule has 0 radical (unpaired) electrons. The highest BCUT2D eigenvalue weighted by Gasteiger charge is 2.31. The standard InChI is InChI=1S/C23H24F4N4O/c1-30(2)12-5-13-31(18-7-4-6-17(15-18)23(25,26)27)22-28-11-10-20(29-22)16-8-9-21(32-3)19(24)14-16/h4,6-11,14-15H,5,12-13H2,1-3H3. The molecule has 0 fully saturated rings. The minimum Gasteiger partial charge on any atom is -0.494 e. The van der Waals surface area contributed by atoms with Crippen molar-refractivity contribution in [2.75, 3.05) is 39.2 Å². The Balaban J connectivity index is 2.00. The number of ether oxygens (including phenoxy) is 1. The Kier molecular flexibility index (Phi) is 7.29. The van der Waals surface area contributed by atoms with Crippen LogP contribution in [-0.4, -0.2) is 49.2 Å². The van der Waals surface area contributed by atoms with E-state index in [2.05, 4.69) is 9.97 Å². The molecule has 170 valence electrons. The smallest absolute Gasteiger partial charge is 0.416 e. The van der Waals surface area contributed by atoms with Crippen molar-refractivity contribution in [3.63, 3.8) is 0 Å². The number of methoxy groups -OCH3 is 1. The van der Waals surface area contributed by atoms with Crippen LogP contribution in [0.3, 0.4) is 0 Å². The number of anilines is 2. The first-order valence-electron chi connectivity index (χ1n) is 9.95. The maximum absolute atomic E-state index is 14.2. The lowest BCUT2D eigenvalue weighted by atomic mass is 10.1. The van der Waals surface area contributed by atoms with Crippen molar-refractivity contribution in [1.29, 1.82) is 0 Å². The van der Waals surface area contributed by atoms with Crippen LogP contribution in [0.4, 0.5) is 29.2 Å². The van der Waals surface area contributed by atoms with Gasteiger partial charge >= 0.3 is 6.18 Å². The molecule has 0 spiro atoms. The zero-order valence-electron chi connectivity index (χ0n) is 18.0. The van der Waals surface area contributed by atoms with Crippen LogP contribution in [-0.2, 0) is 6.18 Å². The van der Waals surface area contributed by atoms with E-state index in [-0.39, 0.29) is 11.7 Å². The van der Waals surface area contributed by atoms with Gasteiger partial charge in [-0.05, 0) is 69.5 Å². The number of nitrogens with zero attached hydrogens (tertiary/aromatic N) is 4. The molecule has 0 bridgehead atoms. The predicted molar refractivity (Wildman–Crippen MR) is 116 cm³/mol. The van der Waals surface area contributed by atoms with Crippen LogP contribution >= 0.6 is 0 Å². The summed E-state index contributed by atoms with van der Waals surface area (Å²) in [6.07, 6.45) is -2.28. The largest absolute Gasteiger partial charge is 0.494 e. The van der Waals surface area contributed by atoms with Crippen molar-refractivity contribution in [3.05, 3.63) is 66.1 Å². The summed E-state index contributed by atoms with van der Waals surface area (Å²) in [5, 5.41) is 0. The highest BCUT2D eigenvalue weighted by Crippen LogP contribution is 2.33. The summed E-state index contributed by atoms with van der Waals surface area (Å²) < 4.78 is 58.9. The van der Waals surface area contributed by atoms with Gasteiger partial charge in [-0.2, -0.15) is 13.2 Å². The molecule has 0 aliphatic heterocycles. The average Bonchev–Trinajstić information content (AvgIpc) is 2.76. The maximum Gasteiger partial charge on any atom is 0.416 e. The SMILES string of the molecule is COc1ccc(-c2ccnc(N(CCCN(C)C)c3cccc(C(F)(F)F)c3)n2)cc1F. The van der Waals surface area contributed by atoms with E-state index in [1.54, 1.807) is 23.1 Å². The summed E-state index contributed by atoms with van der Waals surface area (Å²) >= 11 is 0. The van der Waals surface area contributed by atoms with Gasteiger partial charge in [-0.1, -0.05) is 6.07 Å². The van der Waals surface area contributed by atoms with Gasteiger partial charge in [-0.15, -0.1) is 0 Å². The highest BCUT2D eigenvalue weighted by atomic mass is 19.4. The van der Waals surface area contributed by atoms with E-state index in [0.29, 0.717) is 29.9 Å². The molecule has 2 aromatic carbocycles. The molecule has 1 heterocycles. The lowest BCUT2D eigenvalue weighted by Gasteiger charge is -2.25. The molecule has 0 saturated heterocycles. The van der Waals surface area contributed by atoms with Gasteiger partial charge < -0.3 is 14.5 Å². The van der Waals surface area contributed by atoms with Gasteiger partial charge in [0.15, 0.2) is 11.6 Å². The van der Waals surface area contributed by atoms with Crippen molar-refractivity contribution in [2.24, 2.45) is 0 Å². The maximum atomic E-state index is 14.2. The van der Waals surface area contributed by atoms with Crippen LogP contribution in [0.15, 0.2) is 54.7 Å². The van der Waals surface area contributed by atoms with Gasteiger partial charge in [0.05, 0.1) is 18.4 Å². The molecular formula is C23H24F4N4O.